The maximum Gasteiger partial charge on any atom is 0.312 e. The van der Waals surface area contributed by atoms with Crippen molar-refractivity contribution >= 4 is 23.3 Å². The third kappa shape index (κ3) is 4.13. The summed E-state index contributed by atoms with van der Waals surface area (Å²) in [5, 5.41) is 8.22. The Morgan fingerprint density at radius 1 is 0.971 bits per heavy atom. The van der Waals surface area contributed by atoms with Crippen LogP contribution in [0.5, 0.6) is 0 Å². The second kappa shape index (κ2) is 9.15. The first-order chi connectivity index (χ1) is 16.6. The zero-order valence-electron chi connectivity index (χ0n) is 22.6. The Labute approximate surface area is 218 Å². The first-order valence-corrected chi connectivity index (χ1v) is 15.0. The standard InChI is InChI=1S/C29H49N3O2S/c1-5-34-24(33)28(4)14-8-13-27(3)21(28)12-16-29-17-23(26(2,18-29)15-11-22(27)29)32-25(35)31-20-10-7-6-9-19(20)30/h19-23H,5-18,30H2,1-4H3,(H2,31,32,35)/t19-,20-,21?,22?,23-,26+,27-,28-,29+/m1/s1. The van der Waals surface area contributed by atoms with Crippen LogP contribution in [0.1, 0.15) is 111 Å². The molecule has 35 heavy (non-hydrogen) atoms. The zero-order chi connectivity index (χ0) is 25.1. The molecule has 0 heterocycles. The number of nitrogens with two attached hydrogens (primary N) is 1. The van der Waals surface area contributed by atoms with Crippen molar-refractivity contribution in [1.82, 2.24) is 10.6 Å². The Hall–Kier alpha value is -0.880. The summed E-state index contributed by atoms with van der Waals surface area (Å²) in [5.41, 5.74) is 6.95. The van der Waals surface area contributed by atoms with Crippen molar-refractivity contribution in [2.75, 3.05) is 6.61 Å². The van der Waals surface area contributed by atoms with Gasteiger partial charge in [0.05, 0.1) is 12.0 Å². The van der Waals surface area contributed by atoms with Crippen LogP contribution in [0.2, 0.25) is 0 Å². The lowest BCUT2D eigenvalue weighted by Gasteiger charge is -2.64. The van der Waals surface area contributed by atoms with Gasteiger partial charge in [0.25, 0.3) is 0 Å². The van der Waals surface area contributed by atoms with Crippen LogP contribution in [0.15, 0.2) is 0 Å². The monoisotopic (exact) mass is 503 g/mol. The van der Waals surface area contributed by atoms with E-state index in [1.54, 1.807) is 0 Å². The fourth-order valence-corrected chi connectivity index (χ4v) is 10.5. The molecule has 5 nitrogen and oxygen atoms in total. The highest BCUT2D eigenvalue weighted by molar-refractivity contribution is 7.80. The first-order valence-electron chi connectivity index (χ1n) is 14.6. The van der Waals surface area contributed by atoms with E-state index in [-0.39, 0.29) is 22.8 Å². The van der Waals surface area contributed by atoms with Gasteiger partial charge in [-0.15, -0.1) is 0 Å². The molecule has 0 amide bonds. The number of hydrogen-bond donors (Lipinski definition) is 3. The molecule has 9 atom stereocenters. The zero-order valence-corrected chi connectivity index (χ0v) is 23.4. The fraction of sp³-hybridized carbons (Fsp3) is 0.931. The molecule has 4 N–H and O–H groups in total. The lowest BCUT2D eigenvalue weighted by Crippen LogP contribution is -2.58. The van der Waals surface area contributed by atoms with Crippen molar-refractivity contribution in [2.24, 2.45) is 39.2 Å². The average Bonchev–Trinajstić information content (AvgIpc) is 2.99. The van der Waals surface area contributed by atoms with Gasteiger partial charge >= 0.3 is 5.97 Å². The molecule has 0 saturated heterocycles. The third-order valence-corrected chi connectivity index (χ3v) is 12.1. The number of nitrogens with one attached hydrogen (secondary N) is 2. The van der Waals surface area contributed by atoms with Gasteiger partial charge in [0.15, 0.2) is 5.11 Å². The Bertz CT molecular complexity index is 852. The minimum atomic E-state index is -0.328. The van der Waals surface area contributed by atoms with Crippen LogP contribution in [-0.2, 0) is 9.53 Å². The minimum Gasteiger partial charge on any atom is -0.466 e. The molecule has 0 aromatic heterocycles. The second-order valence-corrected chi connectivity index (χ2v) is 14.2. The van der Waals surface area contributed by atoms with Crippen LogP contribution in [0, 0.1) is 33.5 Å². The molecule has 0 aromatic rings. The Balaban J connectivity index is 1.33. The van der Waals surface area contributed by atoms with Crippen LogP contribution in [0.4, 0.5) is 0 Å². The number of carbonyl (C=O) groups is 1. The van der Waals surface area contributed by atoms with Crippen molar-refractivity contribution < 1.29 is 9.53 Å². The van der Waals surface area contributed by atoms with E-state index in [1.807, 2.05) is 6.92 Å². The number of ether oxygens (including phenoxy) is 1. The van der Waals surface area contributed by atoms with E-state index in [1.165, 1.54) is 51.4 Å². The molecule has 5 aliphatic carbocycles. The van der Waals surface area contributed by atoms with E-state index in [4.69, 9.17) is 22.7 Å². The summed E-state index contributed by atoms with van der Waals surface area (Å²) in [4.78, 5) is 13.2. The largest absolute Gasteiger partial charge is 0.466 e. The molecule has 0 radical (unpaired) electrons. The SMILES string of the molecule is CCOC(=O)[C@]1(C)CCC[C@@]2(C)C3CC[C@@]4(C)C[C@]3(CCC21)C[C@H]4NC(=S)N[C@@H]1CCCC[C@H]1N. The molecule has 5 fully saturated rings. The molecular weight excluding hydrogens is 454 g/mol. The molecule has 0 aliphatic heterocycles. The molecular formula is C29H49N3O2S. The molecule has 2 unspecified atom stereocenters. The summed E-state index contributed by atoms with van der Waals surface area (Å²) >= 11 is 5.85. The van der Waals surface area contributed by atoms with Gasteiger partial charge < -0.3 is 21.1 Å². The van der Waals surface area contributed by atoms with Gasteiger partial charge in [-0.25, -0.2) is 0 Å². The maximum absolute atomic E-state index is 13.2. The van der Waals surface area contributed by atoms with Gasteiger partial charge in [-0.05, 0) is 118 Å². The molecule has 5 aliphatic rings. The van der Waals surface area contributed by atoms with Crippen molar-refractivity contribution in [1.29, 1.82) is 0 Å². The maximum atomic E-state index is 13.2. The summed E-state index contributed by atoms with van der Waals surface area (Å²) < 4.78 is 5.64. The lowest BCUT2D eigenvalue weighted by atomic mass is 9.40. The molecule has 2 bridgehead atoms. The number of rotatable bonds is 4. The van der Waals surface area contributed by atoms with E-state index in [0.717, 1.165) is 37.2 Å². The molecule has 5 rings (SSSR count). The van der Waals surface area contributed by atoms with E-state index in [2.05, 4.69) is 31.4 Å². The minimum absolute atomic E-state index is 0.0517. The quantitative estimate of drug-likeness (QED) is 0.350. The number of fused-ring (bicyclic) bond motifs is 3. The number of hydrogen-bond acceptors (Lipinski definition) is 4. The highest BCUT2D eigenvalue weighted by Crippen LogP contribution is 2.73. The van der Waals surface area contributed by atoms with Crippen LogP contribution in [-0.4, -0.2) is 35.8 Å². The second-order valence-electron chi connectivity index (χ2n) is 13.8. The smallest absolute Gasteiger partial charge is 0.312 e. The summed E-state index contributed by atoms with van der Waals surface area (Å²) in [5.74, 6) is 1.18. The van der Waals surface area contributed by atoms with Crippen molar-refractivity contribution in [3.63, 3.8) is 0 Å². The van der Waals surface area contributed by atoms with Crippen LogP contribution in [0.3, 0.4) is 0 Å². The predicted octanol–water partition coefficient (Wildman–Crippen LogP) is 5.46. The summed E-state index contributed by atoms with van der Waals surface area (Å²) in [6.45, 7) is 9.68. The highest BCUT2D eigenvalue weighted by Gasteiger charge is 2.68. The fourth-order valence-electron chi connectivity index (χ4n) is 10.2. The van der Waals surface area contributed by atoms with Crippen molar-refractivity contribution in [2.45, 2.75) is 129 Å². The molecule has 5 saturated carbocycles. The van der Waals surface area contributed by atoms with E-state index >= 15 is 0 Å². The van der Waals surface area contributed by atoms with Gasteiger partial charge in [0, 0.05) is 18.1 Å². The number of carbonyl (C=O) groups excluding carboxylic acids is 1. The van der Waals surface area contributed by atoms with Crippen LogP contribution >= 0.6 is 12.2 Å². The molecule has 0 aromatic carbocycles. The van der Waals surface area contributed by atoms with Gasteiger partial charge in [-0.1, -0.05) is 33.1 Å². The van der Waals surface area contributed by atoms with Gasteiger partial charge in [0.2, 0.25) is 0 Å². The predicted molar refractivity (Wildman–Crippen MR) is 145 cm³/mol. The normalized spacial score (nSPS) is 48.9. The van der Waals surface area contributed by atoms with E-state index < -0.39 is 0 Å². The first kappa shape index (κ1) is 25.8. The van der Waals surface area contributed by atoms with Gasteiger partial charge in [-0.3, -0.25) is 4.79 Å². The van der Waals surface area contributed by atoms with Crippen molar-refractivity contribution in [3.05, 3.63) is 0 Å². The van der Waals surface area contributed by atoms with Gasteiger partial charge in [-0.2, -0.15) is 0 Å². The number of thiocarbonyl (C=S) groups is 1. The van der Waals surface area contributed by atoms with Gasteiger partial charge in [0.1, 0.15) is 0 Å². The highest BCUT2D eigenvalue weighted by atomic mass is 32.1. The number of esters is 1. The summed E-state index contributed by atoms with van der Waals surface area (Å²) in [6.07, 6.45) is 15.5. The Kier molecular flexibility index (Phi) is 6.73. The van der Waals surface area contributed by atoms with Crippen molar-refractivity contribution in [3.8, 4) is 0 Å². The molecule has 6 heteroatoms. The molecule has 198 valence electrons. The Morgan fingerprint density at radius 2 is 1.71 bits per heavy atom. The summed E-state index contributed by atoms with van der Waals surface area (Å²) in [7, 11) is 0. The van der Waals surface area contributed by atoms with Crippen LogP contribution in [0.25, 0.3) is 0 Å². The average molecular weight is 504 g/mol. The Morgan fingerprint density at radius 3 is 2.46 bits per heavy atom. The van der Waals surface area contributed by atoms with Crippen LogP contribution < -0.4 is 16.4 Å². The summed E-state index contributed by atoms with van der Waals surface area (Å²) in [6, 6.07) is 0.938. The topological polar surface area (TPSA) is 76.4 Å². The van der Waals surface area contributed by atoms with E-state index in [0.29, 0.717) is 41.4 Å². The lowest BCUT2D eigenvalue weighted by molar-refractivity contribution is -0.187. The molecule has 1 spiro atoms. The third-order valence-electron chi connectivity index (χ3n) is 11.8. The van der Waals surface area contributed by atoms with E-state index in [9.17, 15) is 4.79 Å².